The number of benzene rings is 1. The Morgan fingerprint density at radius 1 is 1.30 bits per heavy atom. The second-order valence-electron chi connectivity index (χ2n) is 5.92. The standard InChI is InChI=1S/C17H22N2O/c1-13-8-11-19(12-9-13)17(20)6-5-14-3-2-4-16-15(14)7-10-18-16/h2-4,7,10,13,18H,5-6,8-9,11-12H2,1H3. The Morgan fingerprint density at radius 2 is 2.10 bits per heavy atom. The highest BCUT2D eigenvalue weighted by Gasteiger charge is 2.19. The first-order valence-corrected chi connectivity index (χ1v) is 7.57. The Bertz CT molecular complexity index is 594. The van der Waals surface area contributed by atoms with Crippen LogP contribution in [-0.4, -0.2) is 28.9 Å². The van der Waals surface area contributed by atoms with Gasteiger partial charge in [0.2, 0.25) is 5.91 Å². The molecule has 1 saturated heterocycles. The lowest BCUT2D eigenvalue weighted by Gasteiger charge is -2.30. The van der Waals surface area contributed by atoms with E-state index in [1.165, 1.54) is 10.9 Å². The van der Waals surface area contributed by atoms with E-state index in [1.807, 2.05) is 11.1 Å². The average Bonchev–Trinajstić information content (AvgIpc) is 2.94. The van der Waals surface area contributed by atoms with E-state index < -0.39 is 0 Å². The predicted octanol–water partition coefficient (Wildman–Crippen LogP) is 3.36. The normalized spacial score (nSPS) is 16.8. The monoisotopic (exact) mass is 270 g/mol. The molecule has 0 spiro atoms. The number of carbonyl (C=O) groups is 1. The van der Waals surface area contributed by atoms with Crippen LogP contribution in [0.1, 0.15) is 31.7 Å². The molecule has 0 radical (unpaired) electrons. The number of nitrogens with zero attached hydrogens (tertiary/aromatic N) is 1. The second kappa shape index (κ2) is 5.70. The Labute approximate surface area is 120 Å². The number of amides is 1. The zero-order valence-corrected chi connectivity index (χ0v) is 12.1. The maximum atomic E-state index is 12.3. The number of nitrogens with one attached hydrogen (secondary N) is 1. The highest BCUT2D eigenvalue weighted by Crippen LogP contribution is 2.20. The van der Waals surface area contributed by atoms with Crippen LogP contribution in [0.5, 0.6) is 0 Å². The fraction of sp³-hybridized carbons (Fsp3) is 0.471. The molecule has 1 amide bonds. The Balaban J connectivity index is 1.62. The second-order valence-corrected chi connectivity index (χ2v) is 5.92. The molecular formula is C17H22N2O. The van der Waals surface area contributed by atoms with Crippen molar-refractivity contribution < 1.29 is 4.79 Å². The van der Waals surface area contributed by atoms with Crippen molar-refractivity contribution in [1.29, 1.82) is 0 Å². The molecule has 1 aliphatic rings. The van der Waals surface area contributed by atoms with E-state index in [0.717, 1.165) is 43.8 Å². The van der Waals surface area contributed by atoms with Gasteiger partial charge in [0.15, 0.2) is 0 Å². The van der Waals surface area contributed by atoms with Crippen LogP contribution in [0.15, 0.2) is 30.5 Å². The Hall–Kier alpha value is -1.77. The predicted molar refractivity (Wildman–Crippen MR) is 81.6 cm³/mol. The van der Waals surface area contributed by atoms with E-state index >= 15 is 0 Å². The number of carbonyl (C=O) groups excluding carboxylic acids is 1. The van der Waals surface area contributed by atoms with Gasteiger partial charge in [-0.2, -0.15) is 0 Å². The molecule has 2 aromatic rings. The third-order valence-electron chi connectivity index (χ3n) is 4.43. The SMILES string of the molecule is CC1CCN(C(=O)CCc2cccc3[nH]ccc23)CC1. The molecule has 1 aromatic heterocycles. The van der Waals surface area contributed by atoms with Gasteiger partial charge in [-0.1, -0.05) is 19.1 Å². The summed E-state index contributed by atoms with van der Waals surface area (Å²) >= 11 is 0. The minimum Gasteiger partial charge on any atom is -0.361 e. The van der Waals surface area contributed by atoms with Crippen LogP contribution in [-0.2, 0) is 11.2 Å². The number of fused-ring (bicyclic) bond motifs is 1. The van der Waals surface area contributed by atoms with E-state index in [-0.39, 0.29) is 0 Å². The average molecular weight is 270 g/mol. The molecule has 1 N–H and O–H groups in total. The van der Waals surface area contributed by atoms with Crippen molar-refractivity contribution in [2.24, 2.45) is 5.92 Å². The van der Waals surface area contributed by atoms with Crippen molar-refractivity contribution in [3.8, 4) is 0 Å². The third kappa shape index (κ3) is 2.72. The van der Waals surface area contributed by atoms with Gasteiger partial charge in [0.1, 0.15) is 0 Å². The number of aromatic amines is 1. The lowest BCUT2D eigenvalue weighted by Crippen LogP contribution is -2.37. The van der Waals surface area contributed by atoms with Crippen molar-refractivity contribution in [2.75, 3.05) is 13.1 Å². The minimum atomic E-state index is 0.310. The van der Waals surface area contributed by atoms with Gasteiger partial charge in [0, 0.05) is 36.6 Å². The largest absolute Gasteiger partial charge is 0.361 e. The number of H-pyrrole nitrogens is 1. The maximum Gasteiger partial charge on any atom is 0.222 e. The molecule has 20 heavy (non-hydrogen) atoms. The number of piperidine rings is 1. The summed E-state index contributed by atoms with van der Waals surface area (Å²) in [5, 5.41) is 1.24. The summed E-state index contributed by atoms with van der Waals surface area (Å²) in [6.45, 7) is 4.15. The molecule has 0 atom stereocenters. The quantitative estimate of drug-likeness (QED) is 0.912. The molecule has 106 valence electrons. The van der Waals surface area contributed by atoms with Crippen molar-refractivity contribution in [1.82, 2.24) is 9.88 Å². The van der Waals surface area contributed by atoms with Crippen molar-refractivity contribution in [2.45, 2.75) is 32.6 Å². The summed E-state index contributed by atoms with van der Waals surface area (Å²) in [5.74, 6) is 1.08. The number of likely N-dealkylation sites (tertiary alicyclic amines) is 1. The van der Waals surface area contributed by atoms with Crippen molar-refractivity contribution in [3.05, 3.63) is 36.0 Å². The summed E-state index contributed by atoms with van der Waals surface area (Å²) in [6, 6.07) is 8.35. The lowest BCUT2D eigenvalue weighted by atomic mass is 9.98. The Morgan fingerprint density at radius 3 is 2.90 bits per heavy atom. The van der Waals surface area contributed by atoms with Gasteiger partial charge in [0.25, 0.3) is 0 Å². The fourth-order valence-corrected chi connectivity index (χ4v) is 3.03. The Kier molecular flexibility index (Phi) is 3.77. The van der Waals surface area contributed by atoms with Gasteiger partial charge in [-0.15, -0.1) is 0 Å². The van der Waals surface area contributed by atoms with Gasteiger partial charge in [-0.25, -0.2) is 0 Å². The summed E-state index contributed by atoms with van der Waals surface area (Å²) in [6.07, 6.45) is 5.72. The number of aryl methyl sites for hydroxylation is 1. The highest BCUT2D eigenvalue weighted by molar-refractivity contribution is 5.84. The number of hydrogen-bond acceptors (Lipinski definition) is 1. The van der Waals surface area contributed by atoms with Crippen LogP contribution in [0.4, 0.5) is 0 Å². The maximum absolute atomic E-state index is 12.3. The molecular weight excluding hydrogens is 248 g/mol. The minimum absolute atomic E-state index is 0.310. The van der Waals surface area contributed by atoms with Crippen LogP contribution < -0.4 is 0 Å². The topological polar surface area (TPSA) is 36.1 Å². The molecule has 3 heteroatoms. The van der Waals surface area contributed by atoms with Gasteiger partial charge in [0.05, 0.1) is 0 Å². The first kappa shape index (κ1) is 13.2. The van der Waals surface area contributed by atoms with E-state index in [4.69, 9.17) is 0 Å². The number of rotatable bonds is 3. The fourth-order valence-electron chi connectivity index (χ4n) is 3.03. The van der Waals surface area contributed by atoms with Crippen molar-refractivity contribution in [3.63, 3.8) is 0 Å². The summed E-state index contributed by atoms with van der Waals surface area (Å²) < 4.78 is 0. The lowest BCUT2D eigenvalue weighted by molar-refractivity contribution is -0.132. The van der Waals surface area contributed by atoms with Crippen molar-refractivity contribution >= 4 is 16.8 Å². The molecule has 1 fully saturated rings. The van der Waals surface area contributed by atoms with E-state index in [9.17, 15) is 4.79 Å². The molecule has 2 heterocycles. The van der Waals surface area contributed by atoms with Crippen LogP contribution in [0.25, 0.3) is 10.9 Å². The van der Waals surface area contributed by atoms with Gasteiger partial charge >= 0.3 is 0 Å². The summed E-state index contributed by atoms with van der Waals surface area (Å²) in [7, 11) is 0. The molecule has 0 aliphatic carbocycles. The van der Waals surface area contributed by atoms with Gasteiger partial charge < -0.3 is 9.88 Å². The van der Waals surface area contributed by atoms with E-state index in [1.54, 1.807) is 0 Å². The number of aromatic nitrogens is 1. The number of hydrogen-bond donors (Lipinski definition) is 1. The van der Waals surface area contributed by atoms with Crippen LogP contribution in [0, 0.1) is 5.92 Å². The van der Waals surface area contributed by atoms with Crippen LogP contribution >= 0.6 is 0 Å². The molecule has 0 unspecified atom stereocenters. The molecule has 3 rings (SSSR count). The van der Waals surface area contributed by atoms with Gasteiger partial charge in [-0.3, -0.25) is 4.79 Å². The molecule has 0 saturated carbocycles. The molecule has 1 aliphatic heterocycles. The smallest absolute Gasteiger partial charge is 0.222 e. The zero-order chi connectivity index (χ0) is 13.9. The first-order valence-electron chi connectivity index (χ1n) is 7.57. The van der Waals surface area contributed by atoms with Crippen LogP contribution in [0.2, 0.25) is 0 Å². The molecule has 0 bridgehead atoms. The highest BCUT2D eigenvalue weighted by atomic mass is 16.2. The van der Waals surface area contributed by atoms with Crippen LogP contribution in [0.3, 0.4) is 0 Å². The van der Waals surface area contributed by atoms with E-state index in [0.29, 0.717) is 12.3 Å². The summed E-state index contributed by atoms with van der Waals surface area (Å²) in [4.78, 5) is 17.5. The molecule has 1 aromatic carbocycles. The van der Waals surface area contributed by atoms with E-state index in [2.05, 4.69) is 36.2 Å². The third-order valence-corrected chi connectivity index (χ3v) is 4.43. The zero-order valence-electron chi connectivity index (χ0n) is 12.1. The first-order chi connectivity index (χ1) is 9.74. The summed E-state index contributed by atoms with van der Waals surface area (Å²) in [5.41, 5.74) is 2.42. The van der Waals surface area contributed by atoms with Gasteiger partial charge in [-0.05, 0) is 42.9 Å². The molecule has 3 nitrogen and oxygen atoms in total.